The van der Waals surface area contributed by atoms with Crippen molar-refractivity contribution in [3.8, 4) is 5.75 Å². The van der Waals surface area contributed by atoms with Crippen LogP contribution in [0.4, 0.5) is 0 Å². The Kier molecular flexibility index (Phi) is 6.11. The second kappa shape index (κ2) is 8.51. The van der Waals surface area contributed by atoms with E-state index in [4.69, 9.17) is 4.74 Å². The number of methoxy groups -OCH3 is 1. The van der Waals surface area contributed by atoms with Gasteiger partial charge in [0.2, 0.25) is 0 Å². The SMILES string of the molecule is COc1ccc(CCn2c(C)cc(C(=O)CSc3nncs3)c2C)cc1. The number of aromatic nitrogens is 3. The summed E-state index contributed by atoms with van der Waals surface area (Å²) in [4.78, 5) is 12.6. The summed E-state index contributed by atoms with van der Waals surface area (Å²) in [5.41, 5.74) is 5.86. The standard InChI is InChI=1S/C19H21N3O2S2/c1-13-10-17(18(23)11-25-19-21-20-12-26-19)14(2)22(13)9-8-15-4-6-16(24-3)7-5-15/h4-7,10,12H,8-9,11H2,1-3H3. The van der Waals surface area contributed by atoms with Gasteiger partial charge in [-0.15, -0.1) is 10.2 Å². The molecule has 3 aromatic rings. The molecule has 136 valence electrons. The van der Waals surface area contributed by atoms with Crippen LogP contribution in [0.5, 0.6) is 5.75 Å². The van der Waals surface area contributed by atoms with Gasteiger partial charge in [-0.1, -0.05) is 35.2 Å². The molecular formula is C19H21N3O2S2. The van der Waals surface area contributed by atoms with Crippen molar-refractivity contribution in [3.63, 3.8) is 0 Å². The van der Waals surface area contributed by atoms with Crippen LogP contribution < -0.4 is 4.74 Å². The summed E-state index contributed by atoms with van der Waals surface area (Å²) < 4.78 is 8.24. The number of carbonyl (C=O) groups excluding carboxylic acids is 1. The third-order valence-electron chi connectivity index (χ3n) is 4.32. The number of hydrogen-bond acceptors (Lipinski definition) is 6. The van der Waals surface area contributed by atoms with E-state index in [0.29, 0.717) is 5.75 Å². The minimum Gasteiger partial charge on any atom is -0.497 e. The van der Waals surface area contributed by atoms with Gasteiger partial charge in [-0.05, 0) is 44.0 Å². The molecular weight excluding hydrogens is 366 g/mol. The number of Topliss-reactive ketones (excluding diaryl/α,β-unsaturated/α-hetero) is 1. The number of aryl methyl sites for hydroxylation is 2. The van der Waals surface area contributed by atoms with Gasteiger partial charge in [0.15, 0.2) is 10.1 Å². The van der Waals surface area contributed by atoms with Gasteiger partial charge in [-0.3, -0.25) is 4.79 Å². The van der Waals surface area contributed by atoms with E-state index in [9.17, 15) is 4.79 Å². The molecule has 0 N–H and O–H groups in total. The molecule has 3 rings (SSSR count). The van der Waals surface area contributed by atoms with Gasteiger partial charge in [-0.2, -0.15) is 0 Å². The Bertz CT molecular complexity index is 871. The molecule has 0 spiro atoms. The van der Waals surface area contributed by atoms with Crippen LogP contribution in [0.15, 0.2) is 40.2 Å². The van der Waals surface area contributed by atoms with Crippen molar-refractivity contribution in [2.24, 2.45) is 0 Å². The smallest absolute Gasteiger partial charge is 0.174 e. The number of nitrogens with zero attached hydrogens (tertiary/aromatic N) is 3. The Balaban J connectivity index is 1.65. The second-order valence-electron chi connectivity index (χ2n) is 5.95. The van der Waals surface area contributed by atoms with Crippen molar-refractivity contribution in [3.05, 3.63) is 58.4 Å². The molecule has 0 aliphatic rings. The predicted molar refractivity (Wildman–Crippen MR) is 106 cm³/mol. The van der Waals surface area contributed by atoms with Gasteiger partial charge in [0.1, 0.15) is 11.3 Å². The van der Waals surface area contributed by atoms with E-state index in [1.54, 1.807) is 12.6 Å². The van der Waals surface area contributed by atoms with Crippen LogP contribution in [0, 0.1) is 13.8 Å². The summed E-state index contributed by atoms with van der Waals surface area (Å²) in [6, 6.07) is 10.1. The Morgan fingerprint density at radius 1 is 1.27 bits per heavy atom. The Morgan fingerprint density at radius 2 is 2.04 bits per heavy atom. The van der Waals surface area contributed by atoms with Crippen molar-refractivity contribution in [1.29, 1.82) is 0 Å². The lowest BCUT2D eigenvalue weighted by Crippen LogP contribution is -2.08. The number of ketones is 1. The molecule has 26 heavy (non-hydrogen) atoms. The highest BCUT2D eigenvalue weighted by Gasteiger charge is 2.16. The van der Waals surface area contributed by atoms with Gasteiger partial charge < -0.3 is 9.30 Å². The lowest BCUT2D eigenvalue weighted by molar-refractivity contribution is 0.102. The highest BCUT2D eigenvalue weighted by molar-refractivity contribution is 8.01. The van der Waals surface area contributed by atoms with E-state index in [2.05, 4.69) is 33.8 Å². The van der Waals surface area contributed by atoms with E-state index in [1.165, 1.54) is 28.7 Å². The molecule has 0 aliphatic heterocycles. The third-order valence-corrected chi connectivity index (χ3v) is 6.18. The summed E-state index contributed by atoms with van der Waals surface area (Å²) >= 11 is 2.90. The zero-order valence-electron chi connectivity index (χ0n) is 15.1. The number of carbonyl (C=O) groups is 1. The van der Waals surface area contributed by atoms with Gasteiger partial charge in [-0.25, -0.2) is 0 Å². The van der Waals surface area contributed by atoms with Crippen molar-refractivity contribution < 1.29 is 9.53 Å². The van der Waals surface area contributed by atoms with Crippen LogP contribution in [-0.4, -0.2) is 33.4 Å². The molecule has 0 saturated heterocycles. The second-order valence-corrected chi connectivity index (χ2v) is 8.01. The van der Waals surface area contributed by atoms with Crippen LogP contribution in [0.25, 0.3) is 0 Å². The summed E-state index contributed by atoms with van der Waals surface area (Å²) in [5.74, 6) is 1.38. The maximum atomic E-state index is 12.6. The van der Waals surface area contributed by atoms with Crippen molar-refractivity contribution in [1.82, 2.24) is 14.8 Å². The van der Waals surface area contributed by atoms with Gasteiger partial charge in [0.25, 0.3) is 0 Å². The van der Waals surface area contributed by atoms with Crippen LogP contribution >= 0.6 is 23.1 Å². The van der Waals surface area contributed by atoms with Crippen molar-refractivity contribution >= 4 is 28.9 Å². The average Bonchev–Trinajstić information content (AvgIpc) is 3.27. The fourth-order valence-corrected chi connectivity index (χ4v) is 4.26. The van der Waals surface area contributed by atoms with E-state index in [-0.39, 0.29) is 5.78 Å². The first-order valence-corrected chi connectivity index (χ1v) is 10.2. The lowest BCUT2D eigenvalue weighted by atomic mass is 10.1. The third kappa shape index (κ3) is 4.34. The van der Waals surface area contributed by atoms with E-state index < -0.39 is 0 Å². The van der Waals surface area contributed by atoms with Gasteiger partial charge in [0, 0.05) is 23.5 Å². The molecule has 2 heterocycles. The highest BCUT2D eigenvalue weighted by Crippen LogP contribution is 2.23. The molecule has 0 unspecified atom stereocenters. The topological polar surface area (TPSA) is 57.0 Å². The Hall–Kier alpha value is -2.12. The maximum Gasteiger partial charge on any atom is 0.174 e. The highest BCUT2D eigenvalue weighted by atomic mass is 32.2. The van der Waals surface area contributed by atoms with E-state index in [1.807, 2.05) is 25.1 Å². The first kappa shape index (κ1) is 18.7. The summed E-state index contributed by atoms with van der Waals surface area (Å²) in [7, 11) is 1.67. The first-order chi connectivity index (χ1) is 12.6. The number of hydrogen-bond donors (Lipinski definition) is 0. The number of benzene rings is 1. The molecule has 0 amide bonds. The molecule has 0 radical (unpaired) electrons. The molecule has 0 fully saturated rings. The summed E-state index contributed by atoms with van der Waals surface area (Å²) in [5, 5.41) is 7.76. The average molecular weight is 388 g/mol. The maximum absolute atomic E-state index is 12.6. The van der Waals surface area contributed by atoms with Crippen LogP contribution in [0.3, 0.4) is 0 Å². The largest absolute Gasteiger partial charge is 0.497 e. The van der Waals surface area contributed by atoms with Crippen LogP contribution in [0.2, 0.25) is 0 Å². The monoisotopic (exact) mass is 387 g/mol. The van der Waals surface area contributed by atoms with Crippen molar-refractivity contribution in [2.75, 3.05) is 12.9 Å². The molecule has 0 saturated carbocycles. The normalized spacial score (nSPS) is 10.9. The zero-order valence-corrected chi connectivity index (χ0v) is 16.7. The molecule has 2 aromatic heterocycles. The fraction of sp³-hybridized carbons (Fsp3) is 0.316. The lowest BCUT2D eigenvalue weighted by Gasteiger charge is -2.10. The molecule has 0 atom stereocenters. The van der Waals surface area contributed by atoms with Gasteiger partial charge in [0.05, 0.1) is 12.9 Å². The minimum atomic E-state index is 0.133. The summed E-state index contributed by atoms with van der Waals surface area (Å²) in [6.45, 7) is 4.92. The molecule has 0 aliphatic carbocycles. The fourth-order valence-electron chi connectivity index (χ4n) is 2.89. The molecule has 7 heteroatoms. The number of thioether (sulfide) groups is 1. The number of rotatable bonds is 8. The quantitative estimate of drug-likeness (QED) is 0.429. The van der Waals surface area contributed by atoms with Gasteiger partial charge >= 0.3 is 0 Å². The first-order valence-electron chi connectivity index (χ1n) is 8.30. The van der Waals surface area contributed by atoms with E-state index >= 15 is 0 Å². The summed E-state index contributed by atoms with van der Waals surface area (Å²) in [6.07, 6.45) is 0.910. The van der Waals surface area contributed by atoms with Crippen LogP contribution in [0.1, 0.15) is 27.3 Å². The minimum absolute atomic E-state index is 0.133. The zero-order chi connectivity index (χ0) is 18.5. The molecule has 1 aromatic carbocycles. The van der Waals surface area contributed by atoms with E-state index in [0.717, 1.165) is 40.0 Å². The Morgan fingerprint density at radius 3 is 2.69 bits per heavy atom. The predicted octanol–water partition coefficient (Wildman–Crippen LogP) is 4.18. The van der Waals surface area contributed by atoms with Crippen molar-refractivity contribution in [2.45, 2.75) is 31.2 Å². The number of ether oxygens (including phenoxy) is 1. The Labute approximate surface area is 161 Å². The van der Waals surface area contributed by atoms with Crippen LogP contribution in [-0.2, 0) is 13.0 Å². The molecule has 5 nitrogen and oxygen atoms in total. The molecule has 0 bridgehead atoms.